The number of anilines is 1. The summed E-state index contributed by atoms with van der Waals surface area (Å²) in [6, 6.07) is 2.44. The van der Waals surface area contributed by atoms with Gasteiger partial charge >= 0.3 is 12.0 Å². The number of thiazole rings is 1. The smallest absolute Gasteiger partial charge is 0.357 e. The first-order valence-corrected chi connectivity index (χ1v) is 12.2. The number of nitrogens with zero attached hydrogens (tertiary/aromatic N) is 2. The molecule has 2 aromatic rings. The molecule has 35 heavy (non-hydrogen) atoms. The highest BCUT2D eigenvalue weighted by atomic mass is 32.1. The van der Waals surface area contributed by atoms with Crippen LogP contribution in [0.3, 0.4) is 0 Å². The van der Waals surface area contributed by atoms with Crippen LogP contribution in [-0.2, 0) is 14.3 Å². The molecular weight excluding hydrogens is 476 g/mol. The number of fused-ring (bicyclic) bond motifs is 1. The second-order valence-corrected chi connectivity index (χ2v) is 9.48. The fraction of sp³-hybridized carbons (Fsp3) is 0.435. The van der Waals surface area contributed by atoms with Crippen molar-refractivity contribution in [3.8, 4) is 11.5 Å². The minimum absolute atomic E-state index is 0.0676. The van der Waals surface area contributed by atoms with E-state index in [0.717, 1.165) is 41.9 Å². The van der Waals surface area contributed by atoms with E-state index in [1.807, 2.05) is 0 Å². The van der Waals surface area contributed by atoms with Crippen LogP contribution in [0.4, 0.5) is 9.93 Å². The predicted molar refractivity (Wildman–Crippen MR) is 123 cm³/mol. The maximum Gasteiger partial charge on any atom is 0.357 e. The molecule has 1 aliphatic carbocycles. The van der Waals surface area contributed by atoms with Crippen molar-refractivity contribution >= 4 is 40.3 Å². The Balaban J connectivity index is 1.38. The lowest BCUT2D eigenvalue weighted by atomic mass is 9.96. The van der Waals surface area contributed by atoms with Gasteiger partial charge in [0.1, 0.15) is 12.1 Å². The van der Waals surface area contributed by atoms with Gasteiger partial charge in [0.15, 0.2) is 22.3 Å². The van der Waals surface area contributed by atoms with E-state index >= 15 is 0 Å². The second-order valence-electron chi connectivity index (χ2n) is 8.62. The molecular formula is C23H24N4O7S. The zero-order valence-electron chi connectivity index (χ0n) is 18.9. The summed E-state index contributed by atoms with van der Waals surface area (Å²) < 4.78 is 15.4. The van der Waals surface area contributed by atoms with Gasteiger partial charge in [-0.25, -0.2) is 19.5 Å². The molecule has 2 N–H and O–H groups in total. The number of imide groups is 1. The Morgan fingerprint density at radius 3 is 2.80 bits per heavy atom. The van der Waals surface area contributed by atoms with E-state index < -0.39 is 35.9 Å². The Labute approximate surface area is 204 Å². The van der Waals surface area contributed by atoms with Crippen molar-refractivity contribution in [1.82, 2.24) is 15.2 Å². The number of carbonyl (C=O) groups excluding carboxylic acids is 4. The van der Waals surface area contributed by atoms with Gasteiger partial charge in [-0.05, 0) is 30.0 Å². The Bertz CT molecular complexity index is 1180. The highest BCUT2D eigenvalue weighted by Gasteiger charge is 2.46. The molecule has 2 fully saturated rings. The summed E-state index contributed by atoms with van der Waals surface area (Å²) in [6.07, 6.45) is 4.32. The largest absolute Gasteiger partial charge is 0.464 e. The Morgan fingerprint density at radius 1 is 1.26 bits per heavy atom. The Kier molecular flexibility index (Phi) is 6.29. The van der Waals surface area contributed by atoms with Crippen LogP contribution in [0.15, 0.2) is 23.6 Å². The SMILES string of the molecule is COC(=O)c1csc(NC(=O)[C@H](CC2CCCC2)N2C(=O)N[C@H](c3ccc4c(c3)OCO4)C2=O)n1. The van der Waals surface area contributed by atoms with Crippen LogP contribution in [0, 0.1) is 5.92 Å². The highest BCUT2D eigenvalue weighted by molar-refractivity contribution is 7.14. The van der Waals surface area contributed by atoms with E-state index in [-0.39, 0.29) is 23.5 Å². The zero-order valence-corrected chi connectivity index (χ0v) is 19.8. The molecule has 0 spiro atoms. The van der Waals surface area contributed by atoms with Gasteiger partial charge < -0.3 is 24.8 Å². The fourth-order valence-corrected chi connectivity index (χ4v) is 5.40. The van der Waals surface area contributed by atoms with Gasteiger partial charge in [-0.15, -0.1) is 11.3 Å². The first kappa shape index (κ1) is 23.1. The third-order valence-corrected chi connectivity index (χ3v) is 7.23. The molecule has 12 heteroatoms. The summed E-state index contributed by atoms with van der Waals surface area (Å²) in [4.78, 5) is 56.6. The first-order valence-electron chi connectivity index (χ1n) is 11.3. The van der Waals surface area contributed by atoms with E-state index in [2.05, 4.69) is 20.4 Å². The Morgan fingerprint density at radius 2 is 2.03 bits per heavy atom. The van der Waals surface area contributed by atoms with Crippen LogP contribution in [0.1, 0.15) is 54.2 Å². The number of methoxy groups -OCH3 is 1. The van der Waals surface area contributed by atoms with Crippen LogP contribution >= 0.6 is 11.3 Å². The number of hydrogen-bond donors (Lipinski definition) is 2. The predicted octanol–water partition coefficient (Wildman–Crippen LogP) is 2.84. The number of esters is 1. The minimum atomic E-state index is -1.02. The van der Waals surface area contributed by atoms with E-state index in [0.29, 0.717) is 23.5 Å². The molecule has 1 aromatic carbocycles. The summed E-state index contributed by atoms with van der Waals surface area (Å²) >= 11 is 1.06. The number of aromatic nitrogens is 1. The van der Waals surface area contributed by atoms with E-state index in [1.165, 1.54) is 12.5 Å². The standard InChI is InChI=1S/C23H24N4O7S/c1-32-21(30)14-10-35-22(24-14)26-19(28)15(8-12-4-2-3-5-12)27-20(29)18(25-23(27)31)13-6-7-16-17(9-13)34-11-33-16/h6-7,9-10,12,15,18H,2-5,8,11H2,1H3,(H,25,31)(H,24,26,28)/t15-,18+/m0/s1. The van der Waals surface area contributed by atoms with Crippen molar-refractivity contribution < 1.29 is 33.4 Å². The number of amides is 4. The fourth-order valence-electron chi connectivity index (χ4n) is 4.72. The van der Waals surface area contributed by atoms with Gasteiger partial charge in [0.05, 0.1) is 7.11 Å². The number of benzene rings is 1. The van der Waals surface area contributed by atoms with Gasteiger partial charge in [-0.3, -0.25) is 9.59 Å². The quantitative estimate of drug-likeness (QED) is 0.438. The lowest BCUT2D eigenvalue weighted by molar-refractivity contribution is -0.134. The van der Waals surface area contributed by atoms with Crippen molar-refractivity contribution in [2.75, 3.05) is 19.2 Å². The van der Waals surface area contributed by atoms with Crippen LogP contribution < -0.4 is 20.1 Å². The molecule has 0 unspecified atom stereocenters. The van der Waals surface area contributed by atoms with Crippen LogP contribution in [0.5, 0.6) is 11.5 Å². The van der Waals surface area contributed by atoms with Crippen molar-refractivity contribution in [3.63, 3.8) is 0 Å². The van der Waals surface area contributed by atoms with Crippen LogP contribution in [0.2, 0.25) is 0 Å². The average Bonchev–Trinajstić information content (AvgIpc) is 3.65. The second kappa shape index (κ2) is 9.53. The number of rotatable bonds is 7. The maximum absolute atomic E-state index is 13.4. The molecule has 1 saturated heterocycles. The van der Waals surface area contributed by atoms with Crippen molar-refractivity contribution in [2.45, 2.75) is 44.2 Å². The van der Waals surface area contributed by atoms with Crippen molar-refractivity contribution in [3.05, 3.63) is 34.8 Å². The van der Waals surface area contributed by atoms with Crippen LogP contribution in [-0.4, -0.2) is 53.6 Å². The van der Waals surface area contributed by atoms with Gasteiger partial charge in [-0.2, -0.15) is 0 Å². The topological polar surface area (TPSA) is 136 Å². The molecule has 2 atom stereocenters. The van der Waals surface area contributed by atoms with Gasteiger partial charge in [0.25, 0.3) is 5.91 Å². The summed E-state index contributed by atoms with van der Waals surface area (Å²) in [5.74, 6) is -0.384. The summed E-state index contributed by atoms with van der Waals surface area (Å²) in [7, 11) is 1.24. The monoisotopic (exact) mass is 500 g/mol. The van der Waals surface area contributed by atoms with Gasteiger partial charge in [0.2, 0.25) is 12.7 Å². The van der Waals surface area contributed by atoms with Crippen LogP contribution in [0.25, 0.3) is 0 Å². The molecule has 0 radical (unpaired) electrons. The number of carbonyl (C=O) groups is 4. The minimum Gasteiger partial charge on any atom is -0.464 e. The lowest BCUT2D eigenvalue weighted by Crippen LogP contribution is -2.48. The third kappa shape index (κ3) is 4.53. The van der Waals surface area contributed by atoms with E-state index in [9.17, 15) is 19.2 Å². The molecule has 184 valence electrons. The maximum atomic E-state index is 13.4. The zero-order chi connectivity index (χ0) is 24.5. The van der Waals surface area contributed by atoms with Gasteiger partial charge in [0, 0.05) is 5.38 Å². The van der Waals surface area contributed by atoms with Gasteiger partial charge in [-0.1, -0.05) is 31.7 Å². The van der Waals surface area contributed by atoms with Crippen molar-refractivity contribution in [2.24, 2.45) is 5.92 Å². The first-order chi connectivity index (χ1) is 16.9. The normalized spacial score (nSPS) is 20.1. The third-order valence-electron chi connectivity index (χ3n) is 6.48. The lowest BCUT2D eigenvalue weighted by Gasteiger charge is -2.26. The van der Waals surface area contributed by atoms with E-state index in [1.54, 1.807) is 18.2 Å². The number of nitrogens with one attached hydrogen (secondary N) is 2. The molecule has 2 aliphatic heterocycles. The molecule has 0 bridgehead atoms. The molecule has 1 aromatic heterocycles. The molecule has 1 saturated carbocycles. The number of ether oxygens (including phenoxy) is 3. The summed E-state index contributed by atoms with van der Waals surface area (Å²) in [5.41, 5.74) is 0.607. The molecule has 5 rings (SSSR count). The van der Waals surface area contributed by atoms with Crippen molar-refractivity contribution in [1.29, 1.82) is 0 Å². The number of urea groups is 1. The summed E-state index contributed by atoms with van der Waals surface area (Å²) in [6.45, 7) is 0.0912. The highest BCUT2D eigenvalue weighted by Crippen LogP contribution is 2.37. The Hall–Kier alpha value is -3.67. The molecule has 4 amide bonds. The van der Waals surface area contributed by atoms with E-state index in [4.69, 9.17) is 9.47 Å². The molecule has 3 heterocycles. The molecule has 3 aliphatic rings. The number of hydrogen-bond acceptors (Lipinski definition) is 9. The molecule has 11 nitrogen and oxygen atoms in total. The average molecular weight is 501 g/mol. The summed E-state index contributed by atoms with van der Waals surface area (Å²) in [5, 5.41) is 7.03.